The summed E-state index contributed by atoms with van der Waals surface area (Å²) in [7, 11) is 0. The van der Waals surface area contributed by atoms with Gasteiger partial charge >= 0.3 is 5.97 Å². The van der Waals surface area contributed by atoms with Gasteiger partial charge in [0.25, 0.3) is 5.91 Å². The van der Waals surface area contributed by atoms with E-state index in [1.807, 2.05) is 67.6 Å². The Bertz CT molecular complexity index is 643. The number of esters is 1. The summed E-state index contributed by atoms with van der Waals surface area (Å²) in [6.07, 6.45) is 0.0937. The molecule has 1 N–H and O–H groups in total. The molecule has 2 rings (SSSR count). The number of benzene rings is 2. The molecular weight excluding hydrogens is 306 g/mol. The highest BCUT2D eigenvalue weighted by Crippen LogP contribution is 2.11. The van der Waals surface area contributed by atoms with E-state index in [1.165, 1.54) is 0 Å². The zero-order chi connectivity index (χ0) is 17.2. The van der Waals surface area contributed by atoms with Crippen LogP contribution in [0.5, 0.6) is 5.75 Å². The van der Waals surface area contributed by atoms with Crippen molar-refractivity contribution in [1.29, 1.82) is 0 Å². The molecule has 0 fully saturated rings. The predicted molar refractivity (Wildman–Crippen MR) is 90.5 cm³/mol. The highest BCUT2D eigenvalue weighted by molar-refractivity contribution is 5.80. The second-order valence-electron chi connectivity index (χ2n) is 5.27. The van der Waals surface area contributed by atoms with Crippen LogP contribution in [0.4, 0.5) is 0 Å². The van der Waals surface area contributed by atoms with E-state index in [0.717, 1.165) is 5.56 Å². The van der Waals surface area contributed by atoms with Crippen molar-refractivity contribution in [3.63, 3.8) is 0 Å². The molecular formula is C19H21NO4. The van der Waals surface area contributed by atoms with Gasteiger partial charge in [-0.05, 0) is 24.6 Å². The van der Waals surface area contributed by atoms with Crippen molar-refractivity contribution in [2.45, 2.75) is 19.4 Å². The number of rotatable bonds is 8. The highest BCUT2D eigenvalue weighted by Gasteiger charge is 2.11. The zero-order valence-corrected chi connectivity index (χ0v) is 13.6. The summed E-state index contributed by atoms with van der Waals surface area (Å²) >= 11 is 0. The van der Waals surface area contributed by atoms with Crippen LogP contribution in [-0.4, -0.2) is 25.1 Å². The molecule has 0 aliphatic heterocycles. The molecule has 0 aliphatic rings. The Morgan fingerprint density at radius 1 is 1.00 bits per heavy atom. The number of carbonyl (C=O) groups excluding carboxylic acids is 2. The van der Waals surface area contributed by atoms with Crippen molar-refractivity contribution >= 4 is 11.9 Å². The van der Waals surface area contributed by atoms with Gasteiger partial charge in [0.15, 0.2) is 6.61 Å². The Labute approximate surface area is 141 Å². The SMILES string of the molecule is C[C@H](NC(=O)COC(=O)CCOc1ccccc1)c1ccccc1. The van der Waals surface area contributed by atoms with Crippen molar-refractivity contribution in [3.05, 3.63) is 66.2 Å². The molecule has 0 radical (unpaired) electrons. The topological polar surface area (TPSA) is 64.6 Å². The average Bonchev–Trinajstić information content (AvgIpc) is 2.61. The highest BCUT2D eigenvalue weighted by atomic mass is 16.5. The summed E-state index contributed by atoms with van der Waals surface area (Å²) in [5, 5.41) is 2.79. The number of nitrogens with one attached hydrogen (secondary N) is 1. The van der Waals surface area contributed by atoms with Crippen molar-refractivity contribution in [2.24, 2.45) is 0 Å². The fourth-order valence-electron chi connectivity index (χ4n) is 2.10. The third-order valence-electron chi connectivity index (χ3n) is 3.36. The van der Waals surface area contributed by atoms with Gasteiger partial charge in [-0.2, -0.15) is 0 Å². The Morgan fingerprint density at radius 3 is 2.29 bits per heavy atom. The van der Waals surface area contributed by atoms with Crippen LogP contribution in [-0.2, 0) is 14.3 Å². The first kappa shape index (κ1) is 17.5. The number of hydrogen-bond donors (Lipinski definition) is 1. The molecule has 0 aliphatic carbocycles. The van der Waals surface area contributed by atoms with Gasteiger partial charge in [0, 0.05) is 0 Å². The van der Waals surface area contributed by atoms with Gasteiger partial charge in [-0.1, -0.05) is 48.5 Å². The van der Waals surface area contributed by atoms with E-state index < -0.39 is 5.97 Å². The average molecular weight is 327 g/mol. The minimum atomic E-state index is -0.464. The second kappa shape index (κ2) is 9.35. The van der Waals surface area contributed by atoms with E-state index in [2.05, 4.69) is 5.32 Å². The number of hydrogen-bond acceptors (Lipinski definition) is 4. The monoisotopic (exact) mass is 327 g/mol. The van der Waals surface area contributed by atoms with Gasteiger partial charge in [-0.3, -0.25) is 9.59 Å². The molecule has 1 atom stereocenters. The molecule has 2 aromatic carbocycles. The molecule has 0 unspecified atom stereocenters. The predicted octanol–water partition coefficient (Wildman–Crippen LogP) is 2.88. The van der Waals surface area contributed by atoms with Crippen LogP contribution in [0.3, 0.4) is 0 Å². The fourth-order valence-corrected chi connectivity index (χ4v) is 2.10. The lowest BCUT2D eigenvalue weighted by atomic mass is 10.1. The Balaban J connectivity index is 1.63. The van der Waals surface area contributed by atoms with E-state index >= 15 is 0 Å². The first-order valence-electron chi connectivity index (χ1n) is 7.83. The second-order valence-corrected chi connectivity index (χ2v) is 5.27. The Hall–Kier alpha value is -2.82. The van der Waals surface area contributed by atoms with Gasteiger partial charge in [-0.25, -0.2) is 0 Å². The van der Waals surface area contributed by atoms with Crippen LogP contribution >= 0.6 is 0 Å². The first-order valence-corrected chi connectivity index (χ1v) is 7.83. The smallest absolute Gasteiger partial charge is 0.309 e. The van der Waals surface area contributed by atoms with Crippen molar-refractivity contribution in [3.8, 4) is 5.75 Å². The van der Waals surface area contributed by atoms with Crippen molar-refractivity contribution in [1.82, 2.24) is 5.32 Å². The lowest BCUT2D eigenvalue weighted by Gasteiger charge is -2.14. The summed E-state index contributed by atoms with van der Waals surface area (Å²) in [5.74, 6) is -0.100. The molecule has 126 valence electrons. The molecule has 0 saturated heterocycles. The third-order valence-corrected chi connectivity index (χ3v) is 3.36. The first-order chi connectivity index (χ1) is 11.6. The fraction of sp³-hybridized carbons (Fsp3) is 0.263. The molecule has 0 spiro atoms. The molecule has 2 aromatic rings. The lowest BCUT2D eigenvalue weighted by molar-refractivity contribution is -0.149. The maximum atomic E-state index is 11.8. The number of ether oxygens (including phenoxy) is 2. The number of para-hydroxylation sites is 1. The van der Waals surface area contributed by atoms with E-state index in [4.69, 9.17) is 9.47 Å². The van der Waals surface area contributed by atoms with Crippen LogP contribution in [0.15, 0.2) is 60.7 Å². The quantitative estimate of drug-likeness (QED) is 0.757. The maximum absolute atomic E-state index is 11.8. The van der Waals surface area contributed by atoms with Crippen molar-refractivity contribution < 1.29 is 19.1 Å². The standard InChI is InChI=1S/C19H21NO4/c1-15(16-8-4-2-5-9-16)20-18(21)14-24-19(22)12-13-23-17-10-6-3-7-11-17/h2-11,15H,12-14H2,1H3,(H,20,21)/t15-/m0/s1. The normalized spacial score (nSPS) is 11.4. The molecule has 0 saturated carbocycles. The van der Waals surface area contributed by atoms with Gasteiger partial charge in [-0.15, -0.1) is 0 Å². The Morgan fingerprint density at radius 2 is 1.62 bits per heavy atom. The minimum absolute atomic E-state index is 0.0937. The maximum Gasteiger partial charge on any atom is 0.309 e. The largest absolute Gasteiger partial charge is 0.493 e. The summed E-state index contributed by atoms with van der Waals surface area (Å²) < 4.78 is 10.4. The molecule has 24 heavy (non-hydrogen) atoms. The van der Waals surface area contributed by atoms with Crippen LogP contribution in [0.1, 0.15) is 24.9 Å². The molecule has 5 nitrogen and oxygen atoms in total. The van der Waals surface area contributed by atoms with Gasteiger partial charge in [0.05, 0.1) is 19.1 Å². The minimum Gasteiger partial charge on any atom is -0.493 e. The number of carbonyl (C=O) groups is 2. The summed E-state index contributed by atoms with van der Waals surface area (Å²) in [6, 6.07) is 18.7. The molecule has 0 bridgehead atoms. The van der Waals surface area contributed by atoms with E-state index in [1.54, 1.807) is 0 Å². The molecule has 0 aromatic heterocycles. The van der Waals surface area contributed by atoms with E-state index in [9.17, 15) is 9.59 Å². The summed E-state index contributed by atoms with van der Waals surface area (Å²) in [5.41, 5.74) is 0.994. The summed E-state index contributed by atoms with van der Waals surface area (Å²) in [4.78, 5) is 23.4. The van der Waals surface area contributed by atoms with Crippen LogP contribution in [0, 0.1) is 0 Å². The van der Waals surface area contributed by atoms with Gasteiger partial charge in [0.1, 0.15) is 5.75 Å². The van der Waals surface area contributed by atoms with Gasteiger partial charge in [0.2, 0.25) is 0 Å². The van der Waals surface area contributed by atoms with Crippen LogP contribution in [0.25, 0.3) is 0 Å². The van der Waals surface area contributed by atoms with Crippen LogP contribution in [0.2, 0.25) is 0 Å². The zero-order valence-electron chi connectivity index (χ0n) is 13.6. The van der Waals surface area contributed by atoms with E-state index in [0.29, 0.717) is 5.75 Å². The lowest BCUT2D eigenvalue weighted by Crippen LogP contribution is -2.31. The summed E-state index contributed by atoms with van der Waals surface area (Å²) in [6.45, 7) is 1.80. The molecule has 0 heterocycles. The molecule has 1 amide bonds. The van der Waals surface area contributed by atoms with Crippen LogP contribution < -0.4 is 10.1 Å². The van der Waals surface area contributed by atoms with Crippen molar-refractivity contribution in [2.75, 3.05) is 13.2 Å². The number of amides is 1. The molecule has 5 heteroatoms. The Kier molecular flexibility index (Phi) is 6.83. The van der Waals surface area contributed by atoms with E-state index in [-0.39, 0.29) is 31.6 Å². The van der Waals surface area contributed by atoms with Gasteiger partial charge < -0.3 is 14.8 Å². The third kappa shape index (κ3) is 6.12.